The van der Waals surface area contributed by atoms with Gasteiger partial charge in [0.15, 0.2) is 0 Å². The van der Waals surface area contributed by atoms with Gasteiger partial charge in [0.2, 0.25) is 0 Å². The van der Waals surface area contributed by atoms with E-state index in [4.69, 9.17) is 10.8 Å². The largest absolute Gasteiger partial charge is 0.392 e. The third kappa shape index (κ3) is 2.68. The fraction of sp³-hybridized carbons (Fsp3) is 0.273. The first-order valence-electron chi connectivity index (χ1n) is 4.35. The van der Waals surface area contributed by atoms with Gasteiger partial charge in [-0.2, -0.15) is 0 Å². The molecule has 13 heavy (non-hydrogen) atoms. The van der Waals surface area contributed by atoms with Crippen LogP contribution in [-0.2, 0) is 6.61 Å². The van der Waals surface area contributed by atoms with E-state index in [0.717, 1.165) is 16.7 Å². The summed E-state index contributed by atoms with van der Waals surface area (Å²) in [4.78, 5) is 0. The Hall–Kier alpha value is -1.12. The van der Waals surface area contributed by atoms with E-state index < -0.39 is 0 Å². The molecule has 0 aromatic heterocycles. The van der Waals surface area contributed by atoms with Crippen molar-refractivity contribution in [2.45, 2.75) is 13.5 Å². The summed E-state index contributed by atoms with van der Waals surface area (Å²) < 4.78 is 0. The molecule has 1 aromatic carbocycles. The Bertz CT molecular complexity index is 305. The van der Waals surface area contributed by atoms with Crippen molar-refractivity contribution in [1.82, 2.24) is 0 Å². The monoisotopic (exact) mass is 177 g/mol. The summed E-state index contributed by atoms with van der Waals surface area (Å²) in [7, 11) is 0. The number of aliphatic hydroxyl groups is 1. The predicted molar refractivity (Wildman–Crippen MR) is 55.2 cm³/mol. The third-order valence-corrected chi connectivity index (χ3v) is 1.98. The lowest BCUT2D eigenvalue weighted by molar-refractivity contribution is 0.281. The number of aliphatic hydroxyl groups excluding tert-OH is 1. The molecule has 0 spiro atoms. The maximum absolute atomic E-state index is 8.95. The minimum atomic E-state index is 0.104. The number of nitrogens with two attached hydrogens (primary N) is 1. The smallest absolute Gasteiger partial charge is 0.0684 e. The molecular weight excluding hydrogens is 162 g/mol. The Labute approximate surface area is 78.7 Å². The van der Waals surface area contributed by atoms with Gasteiger partial charge < -0.3 is 10.8 Å². The van der Waals surface area contributed by atoms with Crippen molar-refractivity contribution in [3.63, 3.8) is 0 Å². The number of benzene rings is 1. The van der Waals surface area contributed by atoms with Crippen LogP contribution in [0.1, 0.15) is 16.7 Å². The van der Waals surface area contributed by atoms with Crippen molar-refractivity contribution in [1.29, 1.82) is 0 Å². The highest BCUT2D eigenvalue weighted by atomic mass is 16.3. The Morgan fingerprint density at radius 3 is 2.77 bits per heavy atom. The summed E-state index contributed by atoms with van der Waals surface area (Å²) in [5, 5.41) is 8.95. The fourth-order valence-corrected chi connectivity index (χ4v) is 1.20. The zero-order chi connectivity index (χ0) is 9.68. The van der Waals surface area contributed by atoms with Gasteiger partial charge in [0, 0.05) is 6.54 Å². The predicted octanol–water partition coefficient (Wildman–Crippen LogP) is 1.46. The van der Waals surface area contributed by atoms with E-state index in [9.17, 15) is 0 Å². The molecular formula is C11H15NO. The molecule has 0 aliphatic carbocycles. The molecule has 0 unspecified atom stereocenters. The first kappa shape index (κ1) is 9.96. The van der Waals surface area contributed by atoms with Crippen LogP contribution in [0.15, 0.2) is 24.3 Å². The molecule has 1 rings (SSSR count). The van der Waals surface area contributed by atoms with Crippen molar-refractivity contribution in [2.24, 2.45) is 5.73 Å². The minimum Gasteiger partial charge on any atom is -0.392 e. The Balaban J connectivity index is 2.89. The van der Waals surface area contributed by atoms with Crippen molar-refractivity contribution in [3.8, 4) is 0 Å². The van der Waals surface area contributed by atoms with E-state index in [1.165, 1.54) is 0 Å². The van der Waals surface area contributed by atoms with Crippen molar-refractivity contribution < 1.29 is 5.11 Å². The van der Waals surface area contributed by atoms with Crippen LogP contribution in [0.4, 0.5) is 0 Å². The van der Waals surface area contributed by atoms with Crippen LogP contribution < -0.4 is 5.73 Å². The average Bonchev–Trinajstić information content (AvgIpc) is 2.15. The van der Waals surface area contributed by atoms with Gasteiger partial charge in [-0.25, -0.2) is 0 Å². The number of aryl methyl sites for hydroxylation is 1. The molecule has 0 aliphatic heterocycles. The van der Waals surface area contributed by atoms with E-state index in [2.05, 4.69) is 0 Å². The molecule has 0 radical (unpaired) electrons. The van der Waals surface area contributed by atoms with Crippen LogP contribution in [-0.4, -0.2) is 11.7 Å². The lowest BCUT2D eigenvalue weighted by Crippen LogP contribution is -1.92. The summed E-state index contributed by atoms with van der Waals surface area (Å²) in [5.41, 5.74) is 8.56. The molecule has 0 bridgehead atoms. The van der Waals surface area contributed by atoms with Gasteiger partial charge in [0.25, 0.3) is 0 Å². The Morgan fingerprint density at radius 1 is 1.46 bits per heavy atom. The van der Waals surface area contributed by atoms with Gasteiger partial charge in [-0.05, 0) is 23.6 Å². The van der Waals surface area contributed by atoms with E-state index in [1.807, 2.05) is 37.3 Å². The second-order valence-corrected chi connectivity index (χ2v) is 2.98. The van der Waals surface area contributed by atoms with Gasteiger partial charge in [0.05, 0.1) is 6.61 Å². The third-order valence-electron chi connectivity index (χ3n) is 1.98. The molecule has 0 heterocycles. The minimum absolute atomic E-state index is 0.104. The number of rotatable bonds is 3. The molecule has 2 nitrogen and oxygen atoms in total. The van der Waals surface area contributed by atoms with E-state index >= 15 is 0 Å². The van der Waals surface area contributed by atoms with Gasteiger partial charge >= 0.3 is 0 Å². The summed E-state index contributed by atoms with van der Waals surface area (Å²) in [6, 6.07) is 5.95. The van der Waals surface area contributed by atoms with Gasteiger partial charge in [0.1, 0.15) is 0 Å². The Kier molecular flexibility index (Phi) is 3.68. The van der Waals surface area contributed by atoms with Crippen molar-refractivity contribution in [2.75, 3.05) is 6.54 Å². The van der Waals surface area contributed by atoms with Crippen molar-refractivity contribution >= 4 is 6.08 Å². The number of hydrogen-bond acceptors (Lipinski definition) is 2. The lowest BCUT2D eigenvalue weighted by atomic mass is 10.1. The highest BCUT2D eigenvalue weighted by Crippen LogP contribution is 2.11. The molecule has 70 valence electrons. The lowest BCUT2D eigenvalue weighted by Gasteiger charge is -2.02. The highest BCUT2D eigenvalue weighted by molar-refractivity contribution is 5.51. The van der Waals surface area contributed by atoms with Gasteiger partial charge in [-0.15, -0.1) is 0 Å². The fourth-order valence-electron chi connectivity index (χ4n) is 1.20. The van der Waals surface area contributed by atoms with Gasteiger partial charge in [-0.3, -0.25) is 0 Å². The molecule has 0 fully saturated rings. The van der Waals surface area contributed by atoms with Crippen LogP contribution in [0, 0.1) is 6.92 Å². The SMILES string of the molecule is Cc1cc(C=CCN)ccc1CO. The molecule has 0 amide bonds. The maximum atomic E-state index is 8.95. The second kappa shape index (κ2) is 4.80. The van der Waals surface area contributed by atoms with Gasteiger partial charge in [-0.1, -0.05) is 30.4 Å². The van der Waals surface area contributed by atoms with E-state index in [1.54, 1.807) is 0 Å². The number of hydrogen-bond donors (Lipinski definition) is 2. The molecule has 0 atom stereocenters. The van der Waals surface area contributed by atoms with Crippen LogP contribution in [0.2, 0.25) is 0 Å². The Morgan fingerprint density at radius 2 is 2.23 bits per heavy atom. The molecule has 0 saturated carbocycles. The van der Waals surface area contributed by atoms with Crippen molar-refractivity contribution in [3.05, 3.63) is 41.0 Å². The molecule has 3 N–H and O–H groups in total. The van der Waals surface area contributed by atoms with Crippen LogP contribution in [0.5, 0.6) is 0 Å². The molecule has 1 aromatic rings. The quantitative estimate of drug-likeness (QED) is 0.734. The molecule has 0 aliphatic rings. The summed E-state index contributed by atoms with van der Waals surface area (Å²) >= 11 is 0. The first-order chi connectivity index (χ1) is 6.27. The molecule has 2 heteroatoms. The second-order valence-electron chi connectivity index (χ2n) is 2.98. The van der Waals surface area contributed by atoms with Crippen LogP contribution in [0.3, 0.4) is 0 Å². The summed E-state index contributed by atoms with van der Waals surface area (Å²) in [5.74, 6) is 0. The summed E-state index contributed by atoms with van der Waals surface area (Å²) in [6.45, 7) is 2.65. The topological polar surface area (TPSA) is 46.2 Å². The van der Waals surface area contributed by atoms with Crippen LogP contribution in [0.25, 0.3) is 6.08 Å². The van der Waals surface area contributed by atoms with Crippen LogP contribution >= 0.6 is 0 Å². The normalized spacial score (nSPS) is 11.0. The van der Waals surface area contributed by atoms with E-state index in [0.29, 0.717) is 6.54 Å². The molecule has 0 saturated heterocycles. The zero-order valence-electron chi connectivity index (χ0n) is 7.83. The highest BCUT2D eigenvalue weighted by Gasteiger charge is 1.95. The summed E-state index contributed by atoms with van der Waals surface area (Å²) in [6.07, 6.45) is 3.89. The average molecular weight is 177 g/mol. The first-order valence-corrected chi connectivity index (χ1v) is 4.35. The van der Waals surface area contributed by atoms with E-state index in [-0.39, 0.29) is 6.61 Å². The standard InChI is InChI=1S/C11H15NO/c1-9-7-10(3-2-6-12)4-5-11(9)8-13/h2-5,7,13H,6,8,12H2,1H3. The maximum Gasteiger partial charge on any atom is 0.0684 e. The zero-order valence-corrected chi connectivity index (χ0v) is 7.83.